The molecule has 1 unspecified atom stereocenters. The Morgan fingerprint density at radius 1 is 1.50 bits per heavy atom. The lowest BCUT2D eigenvalue weighted by Crippen LogP contribution is -2.34. The van der Waals surface area contributed by atoms with Gasteiger partial charge in [0, 0.05) is 6.42 Å². The fraction of sp³-hybridized carbons (Fsp3) is 1.00. The van der Waals surface area contributed by atoms with Crippen molar-refractivity contribution in [3.05, 3.63) is 0 Å². The predicted octanol–water partition coefficient (Wildman–Crippen LogP) is -0.609. The molecule has 0 aliphatic heterocycles. The first-order valence-electron chi connectivity index (χ1n) is 2.86. The summed E-state index contributed by atoms with van der Waals surface area (Å²) in [6, 6.07) is 0. The van der Waals surface area contributed by atoms with Gasteiger partial charge in [0.15, 0.2) is 0 Å². The second-order valence-corrected chi connectivity index (χ2v) is 1.96. The molecule has 5 N–H and O–H groups in total. The van der Waals surface area contributed by atoms with Gasteiger partial charge in [-0.1, -0.05) is 6.92 Å². The van der Waals surface area contributed by atoms with Crippen LogP contribution in [0.2, 0.25) is 0 Å². The lowest BCUT2D eigenvalue weighted by atomic mass is 10.2. The SMILES string of the molecule is CCC(O)CC(N)N. The lowest BCUT2D eigenvalue weighted by Gasteiger charge is -2.08. The van der Waals surface area contributed by atoms with Gasteiger partial charge in [0.25, 0.3) is 0 Å². The van der Waals surface area contributed by atoms with Gasteiger partial charge in [-0.05, 0) is 6.42 Å². The number of rotatable bonds is 3. The summed E-state index contributed by atoms with van der Waals surface area (Å²) < 4.78 is 0. The number of hydrogen-bond donors (Lipinski definition) is 3. The smallest absolute Gasteiger partial charge is 0.0565 e. The number of aliphatic hydroxyl groups excluding tert-OH is 1. The van der Waals surface area contributed by atoms with E-state index in [9.17, 15) is 0 Å². The molecular weight excluding hydrogens is 104 g/mol. The van der Waals surface area contributed by atoms with Crippen LogP contribution in [-0.2, 0) is 0 Å². The molecule has 0 rings (SSSR count). The minimum Gasteiger partial charge on any atom is -0.393 e. The van der Waals surface area contributed by atoms with Crippen LogP contribution in [0.5, 0.6) is 0 Å². The van der Waals surface area contributed by atoms with Gasteiger partial charge in [-0.15, -0.1) is 0 Å². The molecule has 3 nitrogen and oxygen atoms in total. The van der Waals surface area contributed by atoms with E-state index in [4.69, 9.17) is 16.6 Å². The molecule has 8 heavy (non-hydrogen) atoms. The van der Waals surface area contributed by atoms with E-state index >= 15 is 0 Å². The highest BCUT2D eigenvalue weighted by Crippen LogP contribution is 1.95. The van der Waals surface area contributed by atoms with E-state index in [1.54, 1.807) is 0 Å². The molecule has 0 amide bonds. The first kappa shape index (κ1) is 7.88. The lowest BCUT2D eigenvalue weighted by molar-refractivity contribution is 0.152. The molecule has 0 fully saturated rings. The largest absolute Gasteiger partial charge is 0.393 e. The van der Waals surface area contributed by atoms with Crippen molar-refractivity contribution in [1.82, 2.24) is 0 Å². The van der Waals surface area contributed by atoms with Crippen molar-refractivity contribution in [2.45, 2.75) is 32.0 Å². The van der Waals surface area contributed by atoms with Crippen LogP contribution in [0.25, 0.3) is 0 Å². The van der Waals surface area contributed by atoms with Crippen LogP contribution in [0.15, 0.2) is 0 Å². The van der Waals surface area contributed by atoms with Crippen molar-refractivity contribution < 1.29 is 5.11 Å². The van der Waals surface area contributed by atoms with Gasteiger partial charge < -0.3 is 16.6 Å². The van der Waals surface area contributed by atoms with Crippen molar-refractivity contribution in [3.63, 3.8) is 0 Å². The van der Waals surface area contributed by atoms with Crippen molar-refractivity contribution in [2.75, 3.05) is 0 Å². The summed E-state index contributed by atoms with van der Waals surface area (Å²) >= 11 is 0. The molecular formula is C5H14N2O. The van der Waals surface area contributed by atoms with E-state index in [0.29, 0.717) is 6.42 Å². The average molecular weight is 118 g/mol. The zero-order valence-corrected chi connectivity index (χ0v) is 5.17. The van der Waals surface area contributed by atoms with E-state index in [-0.39, 0.29) is 12.3 Å². The van der Waals surface area contributed by atoms with Crippen LogP contribution in [-0.4, -0.2) is 17.4 Å². The van der Waals surface area contributed by atoms with Crippen LogP contribution in [0.3, 0.4) is 0 Å². The van der Waals surface area contributed by atoms with Crippen molar-refractivity contribution in [2.24, 2.45) is 11.5 Å². The molecule has 0 aromatic rings. The quantitative estimate of drug-likeness (QED) is 0.433. The van der Waals surface area contributed by atoms with Crippen LogP contribution in [0.1, 0.15) is 19.8 Å². The summed E-state index contributed by atoms with van der Waals surface area (Å²) in [7, 11) is 0. The average Bonchev–Trinajstić information content (AvgIpc) is 1.65. The third kappa shape index (κ3) is 4.05. The first-order chi connectivity index (χ1) is 3.66. The number of aliphatic hydroxyl groups is 1. The predicted molar refractivity (Wildman–Crippen MR) is 33.1 cm³/mol. The summed E-state index contributed by atoms with van der Waals surface area (Å²) in [5.74, 6) is 0. The molecule has 0 radical (unpaired) electrons. The maximum Gasteiger partial charge on any atom is 0.0565 e. The van der Waals surface area contributed by atoms with Crippen molar-refractivity contribution in [3.8, 4) is 0 Å². The highest BCUT2D eigenvalue weighted by Gasteiger charge is 2.02. The molecule has 0 aromatic carbocycles. The number of nitrogens with two attached hydrogens (primary N) is 2. The van der Waals surface area contributed by atoms with Gasteiger partial charge in [-0.25, -0.2) is 0 Å². The Hall–Kier alpha value is -0.120. The standard InChI is InChI=1S/C5H14N2O/c1-2-4(8)3-5(6)7/h4-5,8H,2-3,6-7H2,1H3. The third-order valence-electron chi connectivity index (χ3n) is 1.02. The maximum absolute atomic E-state index is 8.87. The van der Waals surface area contributed by atoms with Crippen LogP contribution in [0.4, 0.5) is 0 Å². The fourth-order valence-electron chi connectivity index (χ4n) is 0.481. The van der Waals surface area contributed by atoms with Crippen LogP contribution >= 0.6 is 0 Å². The van der Waals surface area contributed by atoms with Gasteiger partial charge in [-0.2, -0.15) is 0 Å². The zero-order chi connectivity index (χ0) is 6.57. The first-order valence-corrected chi connectivity index (χ1v) is 2.86. The summed E-state index contributed by atoms with van der Waals surface area (Å²) in [5.41, 5.74) is 10.4. The highest BCUT2D eigenvalue weighted by atomic mass is 16.3. The molecule has 0 saturated heterocycles. The molecule has 0 saturated carbocycles. The summed E-state index contributed by atoms with van der Waals surface area (Å²) in [6.07, 6.45) is 0.529. The Morgan fingerprint density at radius 2 is 2.00 bits per heavy atom. The van der Waals surface area contributed by atoms with Gasteiger partial charge in [-0.3, -0.25) is 0 Å². The zero-order valence-electron chi connectivity index (χ0n) is 5.17. The molecule has 0 aliphatic rings. The monoisotopic (exact) mass is 118 g/mol. The fourth-order valence-corrected chi connectivity index (χ4v) is 0.481. The van der Waals surface area contributed by atoms with Crippen LogP contribution < -0.4 is 11.5 Å². The Morgan fingerprint density at radius 3 is 2.12 bits per heavy atom. The minimum absolute atomic E-state index is 0.324. The van der Waals surface area contributed by atoms with Crippen LogP contribution in [0, 0.1) is 0 Å². The van der Waals surface area contributed by atoms with Gasteiger partial charge >= 0.3 is 0 Å². The molecule has 0 spiro atoms. The second-order valence-electron chi connectivity index (χ2n) is 1.96. The van der Waals surface area contributed by atoms with E-state index in [1.807, 2.05) is 6.92 Å². The van der Waals surface area contributed by atoms with Crippen molar-refractivity contribution >= 4 is 0 Å². The van der Waals surface area contributed by atoms with Gasteiger partial charge in [0.05, 0.1) is 12.3 Å². The Labute approximate surface area is 49.7 Å². The molecule has 50 valence electrons. The second kappa shape index (κ2) is 3.83. The molecule has 0 aromatic heterocycles. The van der Waals surface area contributed by atoms with Gasteiger partial charge in [0.2, 0.25) is 0 Å². The van der Waals surface area contributed by atoms with Gasteiger partial charge in [0.1, 0.15) is 0 Å². The summed E-state index contributed by atoms with van der Waals surface area (Å²) in [4.78, 5) is 0. The third-order valence-corrected chi connectivity index (χ3v) is 1.02. The molecule has 0 aliphatic carbocycles. The molecule has 1 atom stereocenters. The van der Waals surface area contributed by atoms with E-state index in [0.717, 1.165) is 6.42 Å². The van der Waals surface area contributed by atoms with Crippen molar-refractivity contribution in [1.29, 1.82) is 0 Å². The Bertz CT molecular complexity index is 56.4. The molecule has 0 heterocycles. The summed E-state index contributed by atoms with van der Waals surface area (Å²) in [6.45, 7) is 1.90. The van der Waals surface area contributed by atoms with E-state index in [2.05, 4.69) is 0 Å². The van der Waals surface area contributed by atoms with E-state index in [1.165, 1.54) is 0 Å². The normalized spacial score (nSPS) is 14.6. The Balaban J connectivity index is 3.10. The number of hydrogen-bond acceptors (Lipinski definition) is 3. The topological polar surface area (TPSA) is 72.3 Å². The molecule has 0 bridgehead atoms. The Kier molecular flexibility index (Phi) is 3.77. The maximum atomic E-state index is 8.87. The highest BCUT2D eigenvalue weighted by molar-refractivity contribution is 4.58. The van der Waals surface area contributed by atoms with E-state index < -0.39 is 0 Å². The minimum atomic E-state index is -0.370. The molecule has 3 heteroatoms. The summed E-state index contributed by atoms with van der Waals surface area (Å²) in [5, 5.41) is 8.87.